The van der Waals surface area contributed by atoms with E-state index in [1.54, 1.807) is 23.8 Å². The molecule has 4 aliphatic carbocycles. The molecule has 0 aliphatic heterocycles. The molecule has 8 atom stereocenters. The molecule has 0 radical (unpaired) electrons. The zero-order valence-corrected chi connectivity index (χ0v) is 23.1. The minimum Gasteiger partial charge on any atom is -0.393 e. The molecule has 0 amide bonds. The molecule has 0 aromatic heterocycles. The number of rotatable bonds is 5. The number of hydrogen-bond acceptors (Lipinski definition) is 1. The van der Waals surface area contributed by atoms with Crippen LogP contribution in [-0.2, 0) is 0 Å². The van der Waals surface area contributed by atoms with Gasteiger partial charge in [-0.05, 0) is 110 Å². The van der Waals surface area contributed by atoms with Crippen molar-refractivity contribution in [3.63, 3.8) is 0 Å². The van der Waals surface area contributed by atoms with Crippen LogP contribution in [0.2, 0.25) is 0 Å². The lowest BCUT2D eigenvalue weighted by molar-refractivity contribution is -0.0573. The average molecular weight is 483 g/mol. The molecule has 4 aliphatic rings. The van der Waals surface area contributed by atoms with Gasteiger partial charge in [-0.2, -0.15) is 0 Å². The van der Waals surface area contributed by atoms with Crippen molar-refractivity contribution in [1.29, 1.82) is 0 Å². The fourth-order valence-corrected chi connectivity index (χ4v) is 9.08. The number of fused-ring (bicyclic) bond motifs is 5. The molecular weight excluding hydrogens is 431 g/mol. The lowest BCUT2D eigenvalue weighted by Crippen LogP contribution is -2.50. The van der Waals surface area contributed by atoms with E-state index in [0.29, 0.717) is 10.8 Å². The number of allylic oxidation sites excluding steroid dienone is 1. The highest BCUT2D eigenvalue weighted by Crippen LogP contribution is 2.67. The molecule has 1 nitrogen and oxygen atoms in total. The first-order chi connectivity index (χ1) is 16.6. The third kappa shape index (κ3) is 5.58. The van der Waals surface area contributed by atoms with Crippen LogP contribution in [0.1, 0.15) is 105 Å². The Labute approximate surface area is 215 Å². The number of halogens is 1. The van der Waals surface area contributed by atoms with Crippen LogP contribution in [0.4, 0.5) is 4.39 Å². The summed E-state index contributed by atoms with van der Waals surface area (Å²) in [6, 6.07) is 7.94. The van der Waals surface area contributed by atoms with Gasteiger partial charge >= 0.3 is 0 Å². The SMILES string of the molecule is CC(C)CCCC(C)[C@H]1CC[C@H]2[C@@H]3CC=C4C[C@@H](O)CC[C@]4(C)[C@H]3CC[C@]12C.Fc1ccccc1. The van der Waals surface area contributed by atoms with Crippen molar-refractivity contribution in [2.75, 3.05) is 0 Å². The van der Waals surface area contributed by atoms with Crippen molar-refractivity contribution < 1.29 is 9.50 Å². The van der Waals surface area contributed by atoms with Crippen LogP contribution in [0.3, 0.4) is 0 Å². The van der Waals surface area contributed by atoms with Crippen LogP contribution in [0.5, 0.6) is 0 Å². The molecule has 3 saturated carbocycles. The minimum atomic E-state index is -0.178. The van der Waals surface area contributed by atoms with E-state index >= 15 is 0 Å². The van der Waals surface area contributed by atoms with Crippen molar-refractivity contribution >= 4 is 0 Å². The fraction of sp³-hybridized carbons (Fsp3) is 0.758. The molecule has 196 valence electrons. The van der Waals surface area contributed by atoms with Crippen LogP contribution in [0.15, 0.2) is 42.0 Å². The van der Waals surface area contributed by atoms with Crippen molar-refractivity contribution in [1.82, 2.24) is 0 Å². The van der Waals surface area contributed by atoms with Gasteiger partial charge in [0.2, 0.25) is 0 Å². The summed E-state index contributed by atoms with van der Waals surface area (Å²) in [7, 11) is 0. The van der Waals surface area contributed by atoms with E-state index in [1.807, 2.05) is 0 Å². The summed E-state index contributed by atoms with van der Waals surface area (Å²) >= 11 is 0. The smallest absolute Gasteiger partial charge is 0.123 e. The van der Waals surface area contributed by atoms with E-state index in [4.69, 9.17) is 0 Å². The second-order valence-corrected chi connectivity index (χ2v) is 13.5. The van der Waals surface area contributed by atoms with Crippen molar-refractivity contribution in [3.8, 4) is 0 Å². The van der Waals surface area contributed by atoms with E-state index in [1.165, 1.54) is 69.9 Å². The quantitative estimate of drug-likeness (QED) is 0.415. The van der Waals surface area contributed by atoms with Crippen LogP contribution >= 0.6 is 0 Å². The molecule has 1 unspecified atom stereocenters. The topological polar surface area (TPSA) is 20.2 Å². The lowest BCUT2D eigenvalue weighted by atomic mass is 9.47. The summed E-state index contributed by atoms with van der Waals surface area (Å²) in [6.07, 6.45) is 17.2. The molecule has 0 bridgehead atoms. The lowest BCUT2D eigenvalue weighted by Gasteiger charge is -2.58. The Morgan fingerprint density at radius 2 is 1.69 bits per heavy atom. The third-order valence-electron chi connectivity index (χ3n) is 11.0. The van der Waals surface area contributed by atoms with Crippen LogP contribution < -0.4 is 0 Å². The van der Waals surface area contributed by atoms with Gasteiger partial charge in [-0.1, -0.05) is 83.7 Å². The summed E-state index contributed by atoms with van der Waals surface area (Å²) in [5.74, 6) is 5.28. The van der Waals surface area contributed by atoms with E-state index in [-0.39, 0.29) is 11.9 Å². The maximum atomic E-state index is 11.9. The molecule has 0 saturated heterocycles. The summed E-state index contributed by atoms with van der Waals surface area (Å²) < 4.78 is 11.9. The van der Waals surface area contributed by atoms with Gasteiger partial charge in [-0.3, -0.25) is 0 Å². The summed E-state index contributed by atoms with van der Waals surface area (Å²) in [6.45, 7) is 12.6. The van der Waals surface area contributed by atoms with Gasteiger partial charge in [-0.15, -0.1) is 0 Å². The van der Waals surface area contributed by atoms with E-state index in [2.05, 4.69) is 40.7 Å². The Balaban J connectivity index is 0.000000356. The largest absolute Gasteiger partial charge is 0.393 e. The minimum absolute atomic E-state index is 0.0766. The summed E-state index contributed by atoms with van der Waals surface area (Å²) in [5, 5.41) is 10.2. The van der Waals surface area contributed by atoms with Gasteiger partial charge in [0, 0.05) is 0 Å². The van der Waals surface area contributed by atoms with Crippen LogP contribution in [0, 0.1) is 52.2 Å². The predicted molar refractivity (Wildman–Crippen MR) is 145 cm³/mol. The van der Waals surface area contributed by atoms with Crippen LogP contribution in [0.25, 0.3) is 0 Å². The monoisotopic (exact) mass is 482 g/mol. The van der Waals surface area contributed by atoms with Gasteiger partial charge in [0.05, 0.1) is 6.10 Å². The average Bonchev–Trinajstić information content (AvgIpc) is 3.17. The molecule has 1 aromatic carbocycles. The fourth-order valence-electron chi connectivity index (χ4n) is 9.08. The number of hydrogen-bond donors (Lipinski definition) is 1. The van der Waals surface area contributed by atoms with Gasteiger partial charge < -0.3 is 5.11 Å². The highest BCUT2D eigenvalue weighted by atomic mass is 19.1. The third-order valence-corrected chi connectivity index (χ3v) is 11.0. The first-order valence-corrected chi connectivity index (χ1v) is 14.7. The Morgan fingerprint density at radius 1 is 0.943 bits per heavy atom. The van der Waals surface area contributed by atoms with Gasteiger partial charge in [-0.25, -0.2) is 4.39 Å². The Bertz CT molecular complexity index is 846. The first kappa shape index (κ1) is 26.9. The number of aliphatic hydroxyl groups excluding tert-OH is 1. The van der Waals surface area contributed by atoms with Crippen molar-refractivity contribution in [3.05, 3.63) is 47.8 Å². The molecule has 1 aromatic rings. The molecule has 5 rings (SSSR count). The van der Waals surface area contributed by atoms with Gasteiger partial charge in [0.1, 0.15) is 5.82 Å². The summed E-state index contributed by atoms with van der Waals surface area (Å²) in [5.41, 5.74) is 2.60. The standard InChI is InChI=1S/C27H46O.C6H5F/c1-18(2)7-6-8-19(3)23-11-12-24-22-10-9-20-17-21(28)13-15-26(20,4)25(22)14-16-27(23,24)5;7-6-4-2-1-3-5-6/h9,18-19,21-25,28H,6-8,10-17H2,1-5H3;1-5H/t19?,21-,22-,23+,24-,25-,26-,27+;/m0./s1. The Hall–Kier alpha value is -1.15. The van der Waals surface area contributed by atoms with Gasteiger partial charge in [0.25, 0.3) is 0 Å². The molecule has 0 heterocycles. The normalized spacial score (nSPS) is 39.0. The molecule has 2 heteroatoms. The maximum Gasteiger partial charge on any atom is 0.123 e. The maximum absolute atomic E-state index is 11.9. The van der Waals surface area contributed by atoms with Crippen molar-refractivity contribution in [2.24, 2.45) is 46.3 Å². The molecular formula is C33H51FO. The van der Waals surface area contributed by atoms with E-state index < -0.39 is 0 Å². The zero-order valence-electron chi connectivity index (χ0n) is 23.1. The predicted octanol–water partition coefficient (Wildman–Crippen LogP) is 9.21. The highest BCUT2D eigenvalue weighted by molar-refractivity contribution is 5.25. The second-order valence-electron chi connectivity index (χ2n) is 13.5. The van der Waals surface area contributed by atoms with Gasteiger partial charge in [0.15, 0.2) is 0 Å². The number of aliphatic hydroxyl groups is 1. The Kier molecular flexibility index (Phi) is 8.51. The molecule has 1 N–H and O–H groups in total. The zero-order chi connectivity index (χ0) is 25.2. The second kappa shape index (κ2) is 11.1. The van der Waals surface area contributed by atoms with E-state index in [0.717, 1.165) is 48.3 Å². The Morgan fingerprint density at radius 3 is 2.34 bits per heavy atom. The number of benzene rings is 1. The molecule has 0 spiro atoms. The van der Waals surface area contributed by atoms with Crippen molar-refractivity contribution in [2.45, 2.75) is 111 Å². The van der Waals surface area contributed by atoms with E-state index in [9.17, 15) is 9.50 Å². The van der Waals surface area contributed by atoms with Crippen LogP contribution in [-0.4, -0.2) is 11.2 Å². The summed E-state index contributed by atoms with van der Waals surface area (Å²) in [4.78, 5) is 0. The highest BCUT2D eigenvalue weighted by Gasteiger charge is 2.59. The molecule has 35 heavy (non-hydrogen) atoms. The molecule has 3 fully saturated rings. The first-order valence-electron chi connectivity index (χ1n) is 14.7.